The molecule has 0 bridgehead atoms. The number of halogens is 1. The zero-order chi connectivity index (χ0) is 23.2. The largest absolute Gasteiger partial charge is 0.395 e. The lowest BCUT2D eigenvalue weighted by molar-refractivity contribution is 0.0755. The molecule has 2 aromatic rings. The number of anilines is 1. The van der Waals surface area contributed by atoms with Crippen molar-refractivity contribution in [3.63, 3.8) is 0 Å². The minimum atomic E-state index is -0.267. The molecule has 176 valence electrons. The number of oxime groups is 1. The van der Waals surface area contributed by atoms with Crippen LogP contribution >= 0.6 is 22.9 Å². The SMILES string of the molecule is N=C(c1ccc(C2=NOC(CNC(=O)c3ccc(Cl)s3)C2)c(NCCO)c1)N1CCCCC1. The number of hydrogen-bond acceptors (Lipinski definition) is 7. The smallest absolute Gasteiger partial charge is 0.261 e. The van der Waals surface area contributed by atoms with E-state index in [1.54, 1.807) is 12.1 Å². The molecule has 1 fully saturated rings. The predicted octanol–water partition coefficient (Wildman–Crippen LogP) is 3.54. The van der Waals surface area contributed by atoms with E-state index < -0.39 is 0 Å². The standard InChI is InChI=1S/C23H28ClN5O3S/c24-21-7-6-20(33-21)23(31)27-14-16-13-19(28-32-16)17-5-4-15(12-18(17)26-8-11-30)22(25)29-9-2-1-3-10-29/h4-7,12,16,25-26,30H,1-3,8-11,13-14H2,(H,27,31). The van der Waals surface area contributed by atoms with Crippen molar-refractivity contribution in [1.29, 1.82) is 5.41 Å². The lowest BCUT2D eigenvalue weighted by Gasteiger charge is -2.29. The first kappa shape index (κ1) is 23.5. The van der Waals surface area contributed by atoms with Crippen LogP contribution in [0.5, 0.6) is 0 Å². The number of thiophene rings is 1. The molecule has 0 spiro atoms. The average molecular weight is 490 g/mol. The Balaban J connectivity index is 1.41. The molecule has 1 aromatic heterocycles. The van der Waals surface area contributed by atoms with Crippen LogP contribution in [-0.2, 0) is 4.84 Å². The molecule has 2 aliphatic rings. The van der Waals surface area contributed by atoms with E-state index in [0.717, 1.165) is 48.5 Å². The van der Waals surface area contributed by atoms with Gasteiger partial charge in [0, 0.05) is 42.9 Å². The number of aliphatic hydroxyl groups is 1. The summed E-state index contributed by atoms with van der Waals surface area (Å²) in [6, 6.07) is 9.23. The maximum Gasteiger partial charge on any atom is 0.261 e. The summed E-state index contributed by atoms with van der Waals surface area (Å²) in [5, 5.41) is 28.3. The van der Waals surface area contributed by atoms with Crippen molar-refractivity contribution in [1.82, 2.24) is 10.2 Å². The van der Waals surface area contributed by atoms with Crippen molar-refractivity contribution >= 4 is 46.1 Å². The number of rotatable bonds is 8. The number of carbonyl (C=O) groups excluding carboxylic acids is 1. The fraction of sp³-hybridized carbons (Fsp3) is 0.435. The van der Waals surface area contributed by atoms with Crippen molar-refractivity contribution in [2.45, 2.75) is 31.8 Å². The van der Waals surface area contributed by atoms with Crippen molar-refractivity contribution < 1.29 is 14.7 Å². The molecule has 0 saturated carbocycles. The molecular formula is C23H28ClN5O3S. The minimum absolute atomic E-state index is 0.00237. The molecule has 1 unspecified atom stereocenters. The molecule has 3 heterocycles. The normalized spacial score (nSPS) is 17.9. The second kappa shape index (κ2) is 11.0. The molecule has 0 radical (unpaired) electrons. The van der Waals surface area contributed by atoms with Crippen LogP contribution in [-0.4, -0.2) is 66.4 Å². The lowest BCUT2D eigenvalue weighted by Crippen LogP contribution is -2.35. The number of hydrogen-bond donors (Lipinski definition) is 4. The van der Waals surface area contributed by atoms with Gasteiger partial charge in [-0.15, -0.1) is 11.3 Å². The van der Waals surface area contributed by atoms with E-state index >= 15 is 0 Å². The maximum atomic E-state index is 12.3. The highest BCUT2D eigenvalue weighted by atomic mass is 35.5. The third-order valence-corrected chi connectivity index (χ3v) is 6.95. The van der Waals surface area contributed by atoms with Gasteiger partial charge in [-0.1, -0.05) is 28.9 Å². The second-order valence-corrected chi connectivity index (χ2v) is 9.81. The minimum Gasteiger partial charge on any atom is -0.395 e. The van der Waals surface area contributed by atoms with Crippen LogP contribution < -0.4 is 10.6 Å². The number of amides is 1. The molecule has 0 aliphatic carbocycles. The summed E-state index contributed by atoms with van der Waals surface area (Å²) < 4.78 is 0.572. The van der Waals surface area contributed by atoms with Crippen molar-refractivity contribution in [3.05, 3.63) is 50.7 Å². The topological polar surface area (TPSA) is 110 Å². The Bertz CT molecular complexity index is 1030. The van der Waals surface area contributed by atoms with Crippen LogP contribution in [0.15, 0.2) is 35.5 Å². The van der Waals surface area contributed by atoms with Crippen LogP contribution in [0.4, 0.5) is 5.69 Å². The Hall–Kier alpha value is -2.62. The molecule has 2 aliphatic heterocycles. The number of nitrogens with zero attached hydrogens (tertiary/aromatic N) is 2. The molecule has 4 rings (SSSR count). The Morgan fingerprint density at radius 3 is 2.82 bits per heavy atom. The summed E-state index contributed by atoms with van der Waals surface area (Å²) >= 11 is 7.14. The highest BCUT2D eigenvalue weighted by Crippen LogP contribution is 2.26. The van der Waals surface area contributed by atoms with Gasteiger partial charge in [0.05, 0.1) is 28.1 Å². The highest BCUT2D eigenvalue weighted by molar-refractivity contribution is 7.18. The Kier molecular flexibility index (Phi) is 7.85. The maximum absolute atomic E-state index is 12.3. The molecular weight excluding hydrogens is 462 g/mol. The van der Waals surface area contributed by atoms with E-state index in [1.807, 2.05) is 18.2 Å². The fourth-order valence-corrected chi connectivity index (χ4v) is 4.97. The van der Waals surface area contributed by atoms with E-state index in [-0.39, 0.29) is 18.6 Å². The summed E-state index contributed by atoms with van der Waals surface area (Å²) in [7, 11) is 0. The second-order valence-electron chi connectivity index (χ2n) is 8.09. The summed E-state index contributed by atoms with van der Waals surface area (Å²) in [6.45, 7) is 2.54. The molecule has 4 N–H and O–H groups in total. The van der Waals surface area contributed by atoms with Crippen molar-refractivity contribution in [2.24, 2.45) is 5.16 Å². The first-order chi connectivity index (χ1) is 16.0. The molecule has 1 amide bonds. The third-order valence-electron chi connectivity index (χ3n) is 5.72. The van der Waals surface area contributed by atoms with Crippen LogP contribution in [0.2, 0.25) is 4.34 Å². The zero-order valence-electron chi connectivity index (χ0n) is 18.3. The van der Waals surface area contributed by atoms with Crippen molar-refractivity contribution in [2.75, 3.05) is 38.1 Å². The van der Waals surface area contributed by atoms with E-state index in [2.05, 4.69) is 20.7 Å². The van der Waals surface area contributed by atoms with Gasteiger partial charge in [0.2, 0.25) is 0 Å². The predicted molar refractivity (Wildman–Crippen MR) is 132 cm³/mol. The first-order valence-corrected chi connectivity index (χ1v) is 12.3. The number of likely N-dealkylation sites (tertiary alicyclic amines) is 1. The van der Waals surface area contributed by atoms with Gasteiger partial charge in [-0.25, -0.2) is 0 Å². The van der Waals surface area contributed by atoms with Gasteiger partial charge in [-0.2, -0.15) is 0 Å². The van der Waals surface area contributed by atoms with Crippen molar-refractivity contribution in [3.8, 4) is 0 Å². The van der Waals surface area contributed by atoms with Crippen LogP contribution in [0.3, 0.4) is 0 Å². The van der Waals surface area contributed by atoms with Gasteiger partial charge in [-0.05, 0) is 37.5 Å². The number of piperidine rings is 1. The van der Waals surface area contributed by atoms with Crippen LogP contribution in [0, 0.1) is 5.41 Å². The quantitative estimate of drug-likeness (QED) is 0.335. The van der Waals surface area contributed by atoms with Gasteiger partial charge < -0.3 is 25.5 Å². The molecule has 1 saturated heterocycles. The molecule has 33 heavy (non-hydrogen) atoms. The Morgan fingerprint density at radius 1 is 1.27 bits per heavy atom. The van der Waals surface area contributed by atoms with E-state index in [1.165, 1.54) is 17.8 Å². The summed E-state index contributed by atoms with van der Waals surface area (Å²) in [4.78, 5) is 20.5. The number of nitrogens with one attached hydrogen (secondary N) is 3. The number of amidine groups is 1. The summed E-state index contributed by atoms with van der Waals surface area (Å²) in [5.74, 6) is 0.335. The van der Waals surface area contributed by atoms with Gasteiger partial charge in [0.15, 0.2) is 0 Å². The number of aliphatic hydroxyl groups excluding tert-OH is 1. The Labute approximate surface area is 202 Å². The fourth-order valence-electron chi connectivity index (χ4n) is 4.01. The zero-order valence-corrected chi connectivity index (χ0v) is 19.8. The molecule has 1 atom stereocenters. The lowest BCUT2D eigenvalue weighted by atomic mass is 9.99. The van der Waals surface area contributed by atoms with Crippen LogP contribution in [0.1, 0.15) is 46.5 Å². The summed E-state index contributed by atoms with van der Waals surface area (Å²) in [6.07, 6.45) is 3.72. The molecule has 8 nitrogen and oxygen atoms in total. The molecule has 1 aromatic carbocycles. The number of benzene rings is 1. The highest BCUT2D eigenvalue weighted by Gasteiger charge is 2.25. The first-order valence-electron chi connectivity index (χ1n) is 11.1. The van der Waals surface area contributed by atoms with E-state index in [4.69, 9.17) is 21.8 Å². The van der Waals surface area contributed by atoms with Gasteiger partial charge in [0.1, 0.15) is 11.9 Å². The van der Waals surface area contributed by atoms with E-state index in [9.17, 15) is 9.90 Å². The number of carbonyl (C=O) groups is 1. The van der Waals surface area contributed by atoms with Gasteiger partial charge in [0.25, 0.3) is 5.91 Å². The summed E-state index contributed by atoms with van der Waals surface area (Å²) in [5.41, 5.74) is 3.28. The van der Waals surface area contributed by atoms with Crippen LogP contribution in [0.25, 0.3) is 0 Å². The average Bonchev–Trinajstić information content (AvgIpc) is 3.50. The van der Waals surface area contributed by atoms with E-state index in [0.29, 0.717) is 34.6 Å². The third kappa shape index (κ3) is 5.85. The van der Waals surface area contributed by atoms with Gasteiger partial charge >= 0.3 is 0 Å². The monoisotopic (exact) mass is 489 g/mol. The van der Waals surface area contributed by atoms with Gasteiger partial charge in [-0.3, -0.25) is 10.2 Å². The Morgan fingerprint density at radius 2 is 2.09 bits per heavy atom. The molecule has 10 heteroatoms.